The van der Waals surface area contributed by atoms with Gasteiger partial charge in [-0.1, -0.05) is 29.8 Å². The molecule has 0 amide bonds. The minimum atomic E-state index is -4.54. The van der Waals surface area contributed by atoms with Gasteiger partial charge in [0.25, 0.3) is 20.0 Å². The van der Waals surface area contributed by atoms with Crippen LogP contribution in [0.25, 0.3) is 0 Å². The number of methoxy groups -OCH3 is 2. The number of benzene rings is 4. The van der Waals surface area contributed by atoms with E-state index in [1.165, 1.54) is 74.9 Å². The Kier molecular flexibility index (Phi) is 10.6. The Balaban J connectivity index is 1.88. The van der Waals surface area contributed by atoms with Crippen molar-refractivity contribution in [1.29, 1.82) is 0 Å². The van der Waals surface area contributed by atoms with Crippen molar-refractivity contribution in [3.8, 4) is 17.2 Å². The molecular formula is C32H32N2O11S2. The van der Waals surface area contributed by atoms with Crippen molar-refractivity contribution >= 4 is 43.4 Å². The lowest BCUT2D eigenvalue weighted by atomic mass is 10.2. The van der Waals surface area contributed by atoms with E-state index in [-0.39, 0.29) is 33.5 Å². The van der Waals surface area contributed by atoms with Crippen molar-refractivity contribution < 1.29 is 50.8 Å². The van der Waals surface area contributed by atoms with Crippen LogP contribution in [0, 0.1) is 6.92 Å². The van der Waals surface area contributed by atoms with Gasteiger partial charge in [-0.05, 0) is 73.2 Å². The van der Waals surface area contributed by atoms with Crippen molar-refractivity contribution in [2.75, 3.05) is 35.9 Å². The van der Waals surface area contributed by atoms with Gasteiger partial charge in [0.1, 0.15) is 36.9 Å². The first-order valence-corrected chi connectivity index (χ1v) is 16.7. The molecule has 4 aromatic rings. The minimum absolute atomic E-state index is 0.121. The van der Waals surface area contributed by atoms with Gasteiger partial charge in [0.05, 0.1) is 35.4 Å². The molecule has 0 aliphatic rings. The second-order valence-electron chi connectivity index (χ2n) is 10.1. The van der Waals surface area contributed by atoms with Gasteiger partial charge >= 0.3 is 11.9 Å². The average molecular weight is 685 g/mol. The molecule has 0 saturated carbocycles. The van der Waals surface area contributed by atoms with Crippen molar-refractivity contribution in [2.24, 2.45) is 0 Å². The fraction of sp³-hybridized carbons (Fsp3) is 0.188. The zero-order chi connectivity index (χ0) is 34.4. The molecule has 4 aromatic carbocycles. The molecule has 0 atom stereocenters. The van der Waals surface area contributed by atoms with Crippen molar-refractivity contribution in [1.82, 2.24) is 0 Å². The van der Waals surface area contributed by atoms with Crippen LogP contribution in [0.15, 0.2) is 101 Å². The molecule has 0 saturated heterocycles. The van der Waals surface area contributed by atoms with Gasteiger partial charge in [-0.3, -0.25) is 18.2 Å². The first kappa shape index (κ1) is 34.6. The molecule has 13 nitrogen and oxygen atoms in total. The predicted molar refractivity (Wildman–Crippen MR) is 172 cm³/mol. The molecule has 2 N–H and O–H groups in total. The summed E-state index contributed by atoms with van der Waals surface area (Å²) in [6.45, 7) is -0.240. The van der Waals surface area contributed by atoms with Gasteiger partial charge in [-0.15, -0.1) is 0 Å². The van der Waals surface area contributed by atoms with Crippen molar-refractivity contribution in [3.63, 3.8) is 0 Å². The van der Waals surface area contributed by atoms with Gasteiger partial charge in [0.2, 0.25) is 0 Å². The van der Waals surface area contributed by atoms with Gasteiger partial charge in [0, 0.05) is 6.07 Å². The standard InChI is InChI=1S/C32H32N2O11S2/c1-22-4-6-23(7-5-22)21-45-30-18-24(33(19-31(35)36)46(39,40)27-13-9-25(43-2)10-14-27)8-17-29(30)34(20-32(37)38)47(41,42)28-15-11-26(44-3)12-16-28/h4-18H,19-21H2,1-3H3,(H,35,36)(H,37,38). The number of ether oxygens (including phenoxy) is 3. The zero-order valence-electron chi connectivity index (χ0n) is 25.6. The normalized spacial score (nSPS) is 11.4. The van der Waals surface area contributed by atoms with E-state index in [4.69, 9.17) is 14.2 Å². The maximum absolute atomic E-state index is 13.9. The summed E-state index contributed by atoms with van der Waals surface area (Å²) in [6, 6.07) is 21.3. The third kappa shape index (κ3) is 8.12. The summed E-state index contributed by atoms with van der Waals surface area (Å²) >= 11 is 0. The van der Waals surface area contributed by atoms with Crippen LogP contribution >= 0.6 is 0 Å². The molecule has 0 heterocycles. The second kappa shape index (κ2) is 14.4. The van der Waals surface area contributed by atoms with Gasteiger partial charge in [0.15, 0.2) is 0 Å². The number of hydrogen-bond acceptors (Lipinski definition) is 9. The molecule has 248 valence electrons. The third-order valence-electron chi connectivity index (χ3n) is 6.87. The first-order chi connectivity index (χ1) is 22.3. The number of anilines is 2. The lowest BCUT2D eigenvalue weighted by Gasteiger charge is -2.28. The molecule has 4 rings (SSSR count). The number of carboxylic acids is 2. The van der Waals surface area contributed by atoms with Crippen molar-refractivity contribution in [2.45, 2.75) is 23.3 Å². The number of aryl methyl sites for hydroxylation is 1. The molecule has 0 aliphatic heterocycles. The van der Waals surface area contributed by atoms with Gasteiger partial charge in [-0.25, -0.2) is 16.8 Å². The molecule has 47 heavy (non-hydrogen) atoms. The van der Waals surface area contributed by atoms with Crippen LogP contribution < -0.4 is 22.8 Å². The molecular weight excluding hydrogens is 652 g/mol. The lowest BCUT2D eigenvalue weighted by Crippen LogP contribution is -2.37. The van der Waals surface area contributed by atoms with Crippen LogP contribution in [0.4, 0.5) is 11.4 Å². The highest BCUT2D eigenvalue weighted by Crippen LogP contribution is 2.38. The lowest BCUT2D eigenvalue weighted by molar-refractivity contribution is -0.136. The fourth-order valence-electron chi connectivity index (χ4n) is 4.44. The molecule has 0 radical (unpaired) electrons. The number of hydrogen-bond donors (Lipinski definition) is 2. The monoisotopic (exact) mass is 684 g/mol. The van der Waals surface area contributed by atoms with Crippen LogP contribution in [0.1, 0.15) is 11.1 Å². The van der Waals surface area contributed by atoms with Crippen LogP contribution in [0.2, 0.25) is 0 Å². The fourth-order valence-corrected chi connectivity index (χ4v) is 7.27. The van der Waals surface area contributed by atoms with E-state index < -0.39 is 45.1 Å². The molecule has 0 aromatic heterocycles. The number of rotatable bonds is 15. The second-order valence-corrected chi connectivity index (χ2v) is 13.8. The Morgan fingerprint density at radius 1 is 0.660 bits per heavy atom. The molecule has 0 spiro atoms. The smallest absolute Gasteiger partial charge is 0.324 e. The third-order valence-corrected chi connectivity index (χ3v) is 10.4. The van der Waals surface area contributed by atoms with Gasteiger partial charge < -0.3 is 24.4 Å². The first-order valence-electron chi connectivity index (χ1n) is 13.9. The summed E-state index contributed by atoms with van der Waals surface area (Å²) in [5.41, 5.74) is 1.24. The maximum Gasteiger partial charge on any atom is 0.324 e. The number of carbonyl (C=O) groups is 2. The summed E-state index contributed by atoms with van der Waals surface area (Å²) in [6.07, 6.45) is 0. The van der Waals surface area contributed by atoms with E-state index in [9.17, 15) is 36.6 Å². The molecule has 15 heteroatoms. The minimum Gasteiger partial charge on any atom is -0.497 e. The molecule has 0 bridgehead atoms. The SMILES string of the molecule is COc1ccc(S(=O)(=O)N(CC(=O)O)c2ccc(N(CC(=O)O)S(=O)(=O)c3ccc(OC)cc3)c(OCc3ccc(C)cc3)c2)cc1. The summed E-state index contributed by atoms with van der Waals surface area (Å²) in [5.74, 6) is -2.42. The maximum atomic E-state index is 13.9. The van der Waals surface area contributed by atoms with E-state index in [2.05, 4.69) is 0 Å². The Morgan fingerprint density at radius 3 is 1.60 bits per heavy atom. The highest BCUT2D eigenvalue weighted by molar-refractivity contribution is 7.93. The predicted octanol–water partition coefficient (Wildman–Crippen LogP) is 4.15. The summed E-state index contributed by atoms with van der Waals surface area (Å²) in [4.78, 5) is 23.4. The van der Waals surface area contributed by atoms with E-state index >= 15 is 0 Å². The quantitative estimate of drug-likeness (QED) is 0.184. The highest BCUT2D eigenvalue weighted by Gasteiger charge is 2.32. The van der Waals surface area contributed by atoms with E-state index in [0.717, 1.165) is 11.6 Å². The topological polar surface area (TPSA) is 177 Å². The number of sulfonamides is 2. The van der Waals surface area contributed by atoms with Crippen LogP contribution in [0.5, 0.6) is 17.2 Å². The number of aliphatic carboxylic acids is 2. The molecule has 0 fully saturated rings. The van der Waals surface area contributed by atoms with Crippen molar-refractivity contribution in [3.05, 3.63) is 102 Å². The Bertz CT molecular complexity index is 1950. The zero-order valence-corrected chi connectivity index (χ0v) is 27.2. The highest BCUT2D eigenvalue weighted by atomic mass is 32.2. The Hall–Kier alpha value is -5.28. The summed E-state index contributed by atoms with van der Waals surface area (Å²) < 4.78 is 72.7. The summed E-state index contributed by atoms with van der Waals surface area (Å²) in [7, 11) is -6.22. The number of nitrogens with zero attached hydrogens (tertiary/aromatic N) is 2. The van der Waals surface area contributed by atoms with Crippen LogP contribution in [0.3, 0.4) is 0 Å². The van der Waals surface area contributed by atoms with E-state index in [0.29, 0.717) is 25.7 Å². The Morgan fingerprint density at radius 2 is 1.13 bits per heavy atom. The van der Waals surface area contributed by atoms with Gasteiger partial charge in [-0.2, -0.15) is 0 Å². The molecule has 0 aliphatic carbocycles. The molecule has 0 unspecified atom stereocenters. The van der Waals surface area contributed by atoms with Crippen LogP contribution in [-0.2, 0) is 36.2 Å². The Labute approximate surface area is 272 Å². The van der Waals surface area contributed by atoms with E-state index in [1.54, 1.807) is 12.1 Å². The summed E-state index contributed by atoms with van der Waals surface area (Å²) in [5, 5.41) is 19.4. The average Bonchev–Trinajstić information content (AvgIpc) is 3.05. The van der Waals surface area contributed by atoms with E-state index in [1.807, 2.05) is 19.1 Å². The number of carboxylic acid groups (broad SMARTS) is 2. The van der Waals surface area contributed by atoms with Crippen LogP contribution in [-0.4, -0.2) is 66.3 Å². The largest absolute Gasteiger partial charge is 0.497 e.